The number of benzene rings is 2. The number of ether oxygens (including phenoxy) is 1. The minimum atomic E-state index is -0.224. The first kappa shape index (κ1) is 19.0. The van der Waals surface area contributed by atoms with Crippen LogP contribution in [0.3, 0.4) is 0 Å². The average molecular weight is 384 g/mol. The van der Waals surface area contributed by atoms with Crippen LogP contribution in [0.5, 0.6) is 5.75 Å². The normalized spacial score (nSPS) is 10.9. The molecule has 1 amide bonds. The molecule has 3 rings (SSSR count). The number of hydrogen-bond acceptors (Lipinski definition) is 3. The third-order valence-electron chi connectivity index (χ3n) is 4.29. The van der Waals surface area contributed by atoms with Crippen molar-refractivity contribution in [3.05, 3.63) is 70.5 Å². The van der Waals surface area contributed by atoms with Crippen molar-refractivity contribution >= 4 is 23.2 Å². The molecular weight excluding hydrogens is 362 g/mol. The first-order valence-electron chi connectivity index (χ1n) is 8.70. The van der Waals surface area contributed by atoms with Gasteiger partial charge in [0.2, 0.25) is 0 Å². The van der Waals surface area contributed by atoms with Crippen molar-refractivity contribution in [3.8, 4) is 11.4 Å². The monoisotopic (exact) mass is 383 g/mol. The minimum absolute atomic E-state index is 0.119. The largest absolute Gasteiger partial charge is 0.495 e. The lowest BCUT2D eigenvalue weighted by Crippen LogP contribution is -2.15. The van der Waals surface area contributed by atoms with Gasteiger partial charge in [0.25, 0.3) is 5.91 Å². The van der Waals surface area contributed by atoms with Crippen molar-refractivity contribution in [3.63, 3.8) is 0 Å². The summed E-state index contributed by atoms with van der Waals surface area (Å²) in [6, 6.07) is 13.2. The Morgan fingerprint density at radius 2 is 1.89 bits per heavy atom. The number of nitrogens with zero attached hydrogens (tertiary/aromatic N) is 2. The van der Waals surface area contributed by atoms with E-state index < -0.39 is 0 Å². The Morgan fingerprint density at radius 3 is 2.48 bits per heavy atom. The zero-order valence-corrected chi connectivity index (χ0v) is 16.5. The van der Waals surface area contributed by atoms with E-state index >= 15 is 0 Å². The SMILES string of the molecule is COc1ccc(NC(=O)c2cnn(-c3ccc(C)cc3)c2C(C)C)cc1Cl. The number of anilines is 1. The second-order valence-corrected chi connectivity index (χ2v) is 7.06. The van der Waals surface area contributed by atoms with Gasteiger partial charge in [-0.15, -0.1) is 0 Å². The highest BCUT2D eigenvalue weighted by atomic mass is 35.5. The van der Waals surface area contributed by atoms with Gasteiger partial charge in [0.1, 0.15) is 5.75 Å². The molecule has 0 bridgehead atoms. The molecule has 27 heavy (non-hydrogen) atoms. The van der Waals surface area contributed by atoms with E-state index in [1.807, 2.05) is 49.7 Å². The van der Waals surface area contributed by atoms with E-state index in [1.54, 1.807) is 31.5 Å². The predicted molar refractivity (Wildman–Crippen MR) is 108 cm³/mol. The Balaban J connectivity index is 1.93. The summed E-state index contributed by atoms with van der Waals surface area (Å²) < 4.78 is 6.96. The quantitative estimate of drug-likeness (QED) is 0.657. The summed E-state index contributed by atoms with van der Waals surface area (Å²) in [6.07, 6.45) is 1.61. The van der Waals surface area contributed by atoms with E-state index in [0.717, 1.165) is 11.4 Å². The molecule has 1 aromatic heterocycles. The predicted octanol–water partition coefficient (Wildman–Crippen LogP) is 5.22. The molecule has 0 saturated heterocycles. The Bertz CT molecular complexity index is 962. The van der Waals surface area contributed by atoms with Crippen molar-refractivity contribution in [2.75, 3.05) is 12.4 Å². The smallest absolute Gasteiger partial charge is 0.259 e. The van der Waals surface area contributed by atoms with E-state index in [0.29, 0.717) is 22.0 Å². The number of carbonyl (C=O) groups is 1. The number of carbonyl (C=O) groups excluding carboxylic acids is 1. The molecule has 0 aliphatic carbocycles. The van der Waals surface area contributed by atoms with Crippen LogP contribution in [-0.2, 0) is 0 Å². The highest BCUT2D eigenvalue weighted by Crippen LogP contribution is 2.28. The number of amides is 1. The number of hydrogen-bond donors (Lipinski definition) is 1. The third kappa shape index (κ3) is 3.98. The summed E-state index contributed by atoms with van der Waals surface area (Å²) in [5.74, 6) is 0.456. The highest BCUT2D eigenvalue weighted by Gasteiger charge is 2.21. The molecule has 5 nitrogen and oxygen atoms in total. The van der Waals surface area contributed by atoms with Crippen LogP contribution < -0.4 is 10.1 Å². The first-order chi connectivity index (χ1) is 12.9. The Labute approximate surface area is 163 Å². The van der Waals surface area contributed by atoms with Crippen LogP contribution >= 0.6 is 11.6 Å². The summed E-state index contributed by atoms with van der Waals surface area (Å²) in [5, 5.41) is 7.78. The van der Waals surface area contributed by atoms with Crippen LogP contribution in [0.4, 0.5) is 5.69 Å². The van der Waals surface area contributed by atoms with E-state index in [-0.39, 0.29) is 11.8 Å². The molecule has 3 aromatic rings. The summed E-state index contributed by atoms with van der Waals surface area (Å²) >= 11 is 6.14. The maximum absolute atomic E-state index is 12.9. The lowest BCUT2D eigenvalue weighted by atomic mass is 10.0. The fourth-order valence-electron chi connectivity index (χ4n) is 2.92. The number of rotatable bonds is 5. The molecule has 1 heterocycles. The molecule has 1 N–H and O–H groups in total. The maximum Gasteiger partial charge on any atom is 0.259 e. The van der Waals surface area contributed by atoms with Crippen molar-refractivity contribution in [2.24, 2.45) is 0 Å². The molecular formula is C21H22ClN3O2. The van der Waals surface area contributed by atoms with Crippen LogP contribution in [-0.4, -0.2) is 22.8 Å². The zero-order chi connectivity index (χ0) is 19.6. The fourth-order valence-corrected chi connectivity index (χ4v) is 3.18. The molecule has 0 radical (unpaired) electrons. The van der Waals surface area contributed by atoms with Crippen LogP contribution in [0.15, 0.2) is 48.7 Å². The standard InChI is InChI=1S/C21H22ClN3O2/c1-13(2)20-17(12-23-25(20)16-8-5-14(3)6-9-16)21(26)24-15-7-10-19(27-4)18(22)11-15/h5-13H,1-4H3,(H,24,26). The van der Waals surface area contributed by atoms with Gasteiger partial charge in [0, 0.05) is 5.69 Å². The van der Waals surface area contributed by atoms with Gasteiger partial charge in [-0.05, 0) is 43.2 Å². The topological polar surface area (TPSA) is 56.1 Å². The number of aromatic nitrogens is 2. The van der Waals surface area contributed by atoms with Gasteiger partial charge >= 0.3 is 0 Å². The fraction of sp³-hybridized carbons (Fsp3) is 0.238. The summed E-state index contributed by atoms with van der Waals surface area (Å²) in [5.41, 5.74) is 4.10. The molecule has 0 aliphatic heterocycles. The highest BCUT2D eigenvalue weighted by molar-refractivity contribution is 6.32. The first-order valence-corrected chi connectivity index (χ1v) is 9.08. The minimum Gasteiger partial charge on any atom is -0.495 e. The molecule has 6 heteroatoms. The van der Waals surface area contributed by atoms with Crippen molar-refractivity contribution in [1.29, 1.82) is 0 Å². The number of aryl methyl sites for hydroxylation is 1. The molecule has 0 fully saturated rings. The summed E-state index contributed by atoms with van der Waals surface area (Å²) in [4.78, 5) is 12.9. The van der Waals surface area contributed by atoms with Gasteiger partial charge in [-0.25, -0.2) is 4.68 Å². The molecule has 2 aromatic carbocycles. The number of halogens is 1. The van der Waals surface area contributed by atoms with Crippen LogP contribution in [0.1, 0.15) is 41.4 Å². The molecule has 0 spiro atoms. The maximum atomic E-state index is 12.9. The van der Waals surface area contributed by atoms with Crippen LogP contribution in [0, 0.1) is 6.92 Å². The van der Waals surface area contributed by atoms with Crippen LogP contribution in [0.25, 0.3) is 5.69 Å². The van der Waals surface area contributed by atoms with Gasteiger partial charge < -0.3 is 10.1 Å². The van der Waals surface area contributed by atoms with Gasteiger partial charge in [-0.1, -0.05) is 43.1 Å². The van der Waals surface area contributed by atoms with Crippen molar-refractivity contribution in [2.45, 2.75) is 26.7 Å². The van der Waals surface area contributed by atoms with E-state index in [9.17, 15) is 4.79 Å². The van der Waals surface area contributed by atoms with Crippen molar-refractivity contribution < 1.29 is 9.53 Å². The van der Waals surface area contributed by atoms with Gasteiger partial charge in [-0.2, -0.15) is 5.10 Å². The molecule has 140 valence electrons. The zero-order valence-electron chi connectivity index (χ0n) is 15.8. The Morgan fingerprint density at radius 1 is 1.19 bits per heavy atom. The molecule has 0 saturated carbocycles. The second-order valence-electron chi connectivity index (χ2n) is 6.65. The van der Waals surface area contributed by atoms with E-state index in [1.165, 1.54) is 5.56 Å². The van der Waals surface area contributed by atoms with Gasteiger partial charge in [0.05, 0.1) is 35.3 Å². The molecule has 0 aliphatic rings. The number of nitrogens with one attached hydrogen (secondary N) is 1. The summed E-state index contributed by atoms with van der Waals surface area (Å²) in [6.45, 7) is 6.13. The molecule has 0 atom stereocenters. The Kier molecular flexibility index (Phi) is 5.51. The van der Waals surface area contributed by atoms with E-state index in [2.05, 4.69) is 10.4 Å². The lowest BCUT2D eigenvalue weighted by Gasteiger charge is -2.13. The van der Waals surface area contributed by atoms with Crippen molar-refractivity contribution in [1.82, 2.24) is 9.78 Å². The van der Waals surface area contributed by atoms with E-state index in [4.69, 9.17) is 16.3 Å². The molecule has 0 unspecified atom stereocenters. The lowest BCUT2D eigenvalue weighted by molar-refractivity contribution is 0.102. The average Bonchev–Trinajstić information content (AvgIpc) is 3.08. The van der Waals surface area contributed by atoms with Crippen LogP contribution in [0.2, 0.25) is 5.02 Å². The Hall–Kier alpha value is -2.79. The third-order valence-corrected chi connectivity index (χ3v) is 4.58. The number of methoxy groups -OCH3 is 1. The summed E-state index contributed by atoms with van der Waals surface area (Å²) in [7, 11) is 1.55. The second kappa shape index (κ2) is 7.84. The van der Waals surface area contributed by atoms with Gasteiger partial charge in [-0.3, -0.25) is 4.79 Å². The van der Waals surface area contributed by atoms with Gasteiger partial charge in [0.15, 0.2) is 0 Å².